The van der Waals surface area contributed by atoms with Crippen LogP contribution in [0.5, 0.6) is 0 Å². The lowest BCUT2D eigenvalue weighted by molar-refractivity contribution is 0.569. The number of hydrogen-bond acceptors (Lipinski definition) is 1. The molecule has 0 spiro atoms. The molecule has 2 heteroatoms. The Morgan fingerprint density at radius 3 is 1.26 bits per heavy atom. The van der Waals surface area contributed by atoms with Gasteiger partial charge in [0.1, 0.15) is 0 Å². The molecule has 0 radical (unpaired) electrons. The summed E-state index contributed by atoms with van der Waals surface area (Å²) in [6, 6.07) is 66.4. The maximum absolute atomic E-state index is 2.57. The molecule has 0 saturated heterocycles. The lowest BCUT2D eigenvalue weighted by Gasteiger charge is -2.32. The van der Waals surface area contributed by atoms with E-state index in [0.29, 0.717) is 0 Å². The van der Waals surface area contributed by atoms with E-state index in [-0.39, 0.29) is 32.5 Å². The van der Waals surface area contributed by atoms with Crippen molar-refractivity contribution in [2.24, 2.45) is 0 Å². The zero-order valence-corrected chi connectivity index (χ0v) is 50.1. The third-order valence-corrected chi connectivity index (χ3v) is 16.9. The van der Waals surface area contributed by atoms with E-state index in [1.807, 2.05) is 0 Å². The van der Waals surface area contributed by atoms with Gasteiger partial charge >= 0.3 is 0 Å². The molecule has 10 aromatic carbocycles. The summed E-state index contributed by atoms with van der Waals surface area (Å²) in [4.78, 5) is 2.57. The molecule has 0 fully saturated rings. The standard InChI is InChI=1S/C76H82N2/c1-71(2,3)50-28-34-57(61(43-50)49-40-54(75(13,14)15)42-55(41-49)76(16,17)18)58-35-29-53(74(10,11)12)46-68(58)77(56-22-20-19-21-23-56)64-36-26-47-25-33-60-65(37-27-48-24-32-59(64)69(47)70(48)60)78-66-38-30-51(72(4,5)6)44-62(66)63-45-52(73(7,8)9)31-39-67(63)78/h19-46H,1-18H3. The summed E-state index contributed by atoms with van der Waals surface area (Å²) in [6.07, 6.45) is 0. The van der Waals surface area contributed by atoms with E-state index >= 15 is 0 Å². The second kappa shape index (κ2) is 18.2. The molecule has 0 amide bonds. The largest absolute Gasteiger partial charge is 0.309 e. The van der Waals surface area contributed by atoms with Crippen LogP contribution in [0.15, 0.2) is 170 Å². The van der Waals surface area contributed by atoms with Gasteiger partial charge < -0.3 is 9.47 Å². The second-order valence-corrected chi connectivity index (χ2v) is 28.9. The van der Waals surface area contributed by atoms with Gasteiger partial charge in [-0.1, -0.05) is 234 Å². The second-order valence-electron chi connectivity index (χ2n) is 28.9. The van der Waals surface area contributed by atoms with Gasteiger partial charge in [0.2, 0.25) is 0 Å². The van der Waals surface area contributed by atoms with Gasteiger partial charge in [0.25, 0.3) is 0 Å². The van der Waals surface area contributed by atoms with Gasteiger partial charge in [-0.3, -0.25) is 0 Å². The SMILES string of the molecule is CC(C)(C)c1cc(-c2cc(C(C)(C)C)ccc2-c2ccc(C(C)(C)C)cc2N(c2ccccc2)c2ccc3ccc4c(-n5c6ccc(C(C)(C)C)cc6c6cc(C(C)(C)C)ccc65)ccc5ccc2c3c54)cc(C(C)(C)C)c1. The normalized spacial score (nSPS) is 13.3. The fourth-order valence-corrected chi connectivity index (χ4v) is 11.9. The number of benzene rings is 10. The van der Waals surface area contributed by atoms with Crippen molar-refractivity contribution in [2.75, 3.05) is 4.90 Å². The van der Waals surface area contributed by atoms with Crippen molar-refractivity contribution in [2.45, 2.75) is 157 Å². The molecule has 0 bridgehead atoms. The molecule has 396 valence electrons. The number of para-hydroxylation sites is 1. The van der Waals surface area contributed by atoms with E-state index in [1.165, 1.54) is 115 Å². The van der Waals surface area contributed by atoms with Crippen molar-refractivity contribution < 1.29 is 0 Å². The van der Waals surface area contributed by atoms with Crippen LogP contribution in [0.1, 0.15) is 158 Å². The number of fused-ring (bicyclic) bond motifs is 3. The van der Waals surface area contributed by atoms with Crippen LogP contribution in [-0.2, 0) is 32.5 Å². The molecule has 11 aromatic rings. The van der Waals surface area contributed by atoms with Gasteiger partial charge in [0.15, 0.2) is 0 Å². The Bertz CT molecular complexity index is 4010. The summed E-state index contributed by atoms with van der Waals surface area (Å²) in [7, 11) is 0. The maximum atomic E-state index is 2.57. The van der Waals surface area contributed by atoms with E-state index in [4.69, 9.17) is 0 Å². The van der Waals surface area contributed by atoms with Crippen LogP contribution in [-0.4, -0.2) is 4.57 Å². The number of nitrogens with zero attached hydrogens (tertiary/aromatic N) is 2. The minimum absolute atomic E-state index is 0.0186. The third kappa shape index (κ3) is 9.27. The van der Waals surface area contributed by atoms with Crippen molar-refractivity contribution in [1.29, 1.82) is 0 Å². The monoisotopic (exact) mass is 1020 g/mol. The molecule has 0 atom stereocenters. The van der Waals surface area contributed by atoms with Gasteiger partial charge in [-0.25, -0.2) is 0 Å². The van der Waals surface area contributed by atoms with E-state index in [1.54, 1.807) is 0 Å². The third-order valence-electron chi connectivity index (χ3n) is 16.9. The minimum atomic E-state index is -0.105. The lowest BCUT2D eigenvalue weighted by Crippen LogP contribution is -2.17. The summed E-state index contributed by atoms with van der Waals surface area (Å²) in [6.45, 7) is 42.0. The van der Waals surface area contributed by atoms with Crippen molar-refractivity contribution in [3.8, 4) is 27.9 Å². The van der Waals surface area contributed by atoms with Crippen LogP contribution in [0.4, 0.5) is 17.1 Å². The average Bonchev–Trinajstić information content (AvgIpc) is 3.92. The van der Waals surface area contributed by atoms with Gasteiger partial charge in [-0.2, -0.15) is 0 Å². The van der Waals surface area contributed by atoms with Crippen molar-refractivity contribution in [1.82, 2.24) is 4.57 Å². The fourth-order valence-electron chi connectivity index (χ4n) is 11.9. The van der Waals surface area contributed by atoms with Crippen LogP contribution in [0.2, 0.25) is 0 Å². The highest BCUT2D eigenvalue weighted by Crippen LogP contribution is 2.51. The van der Waals surface area contributed by atoms with E-state index in [9.17, 15) is 0 Å². The van der Waals surface area contributed by atoms with Crippen LogP contribution in [0, 0.1) is 0 Å². The van der Waals surface area contributed by atoms with Gasteiger partial charge in [-0.15, -0.1) is 0 Å². The van der Waals surface area contributed by atoms with E-state index in [0.717, 1.165) is 17.1 Å². The Hall–Kier alpha value is -7.16. The quantitative estimate of drug-likeness (QED) is 0.151. The summed E-state index contributed by atoms with van der Waals surface area (Å²) in [5.74, 6) is 0. The Labute approximate surface area is 466 Å². The maximum Gasteiger partial charge on any atom is 0.0543 e. The first kappa shape index (κ1) is 52.9. The number of aromatic nitrogens is 1. The molecular formula is C76H82N2. The number of rotatable bonds is 6. The summed E-state index contributed by atoms with van der Waals surface area (Å²) in [5.41, 5.74) is 19.9. The zero-order valence-electron chi connectivity index (χ0n) is 50.1. The van der Waals surface area contributed by atoms with Crippen LogP contribution >= 0.6 is 0 Å². The van der Waals surface area contributed by atoms with Crippen molar-refractivity contribution in [3.05, 3.63) is 203 Å². The Morgan fingerprint density at radius 2 is 0.731 bits per heavy atom. The fraction of sp³-hybridized carbons (Fsp3) is 0.316. The highest BCUT2D eigenvalue weighted by Gasteiger charge is 2.29. The molecule has 0 N–H and O–H groups in total. The lowest BCUT2D eigenvalue weighted by atomic mass is 9.77. The van der Waals surface area contributed by atoms with Gasteiger partial charge in [0, 0.05) is 32.8 Å². The molecule has 1 aromatic heterocycles. The predicted molar refractivity (Wildman–Crippen MR) is 342 cm³/mol. The van der Waals surface area contributed by atoms with Crippen LogP contribution in [0.25, 0.3) is 82.1 Å². The average molecular weight is 1020 g/mol. The number of hydrogen-bond donors (Lipinski definition) is 0. The molecule has 78 heavy (non-hydrogen) atoms. The highest BCUT2D eigenvalue weighted by atomic mass is 15.1. The summed E-state index contributed by atoms with van der Waals surface area (Å²) >= 11 is 0. The Morgan fingerprint density at radius 1 is 0.295 bits per heavy atom. The molecule has 2 nitrogen and oxygen atoms in total. The topological polar surface area (TPSA) is 8.17 Å². The first-order chi connectivity index (χ1) is 36.5. The molecule has 11 rings (SSSR count). The van der Waals surface area contributed by atoms with Crippen molar-refractivity contribution >= 4 is 71.2 Å². The van der Waals surface area contributed by atoms with Crippen LogP contribution < -0.4 is 4.90 Å². The van der Waals surface area contributed by atoms with Gasteiger partial charge in [0.05, 0.1) is 28.1 Å². The molecule has 0 unspecified atom stereocenters. The molecule has 1 heterocycles. The highest BCUT2D eigenvalue weighted by molar-refractivity contribution is 6.27. The molecule has 0 aliphatic carbocycles. The summed E-state index contributed by atoms with van der Waals surface area (Å²) in [5, 5.41) is 10.1. The first-order valence-electron chi connectivity index (χ1n) is 28.6. The van der Waals surface area contributed by atoms with E-state index < -0.39 is 0 Å². The molecular weight excluding hydrogens is 941 g/mol. The summed E-state index contributed by atoms with van der Waals surface area (Å²) < 4.78 is 2.54. The predicted octanol–water partition coefficient (Wildman–Crippen LogP) is 22.3. The zero-order chi connectivity index (χ0) is 55.8. The first-order valence-corrected chi connectivity index (χ1v) is 28.6. The van der Waals surface area contributed by atoms with Crippen LogP contribution in [0.3, 0.4) is 0 Å². The van der Waals surface area contributed by atoms with Crippen molar-refractivity contribution in [3.63, 3.8) is 0 Å². The molecule has 0 aliphatic rings. The van der Waals surface area contributed by atoms with E-state index in [2.05, 4.69) is 304 Å². The Balaban J connectivity index is 1.20. The molecule has 0 aliphatic heterocycles. The number of anilines is 3. The minimum Gasteiger partial charge on any atom is -0.309 e. The Kier molecular flexibility index (Phi) is 12.3. The smallest absolute Gasteiger partial charge is 0.0543 e. The molecule has 0 saturated carbocycles. The van der Waals surface area contributed by atoms with Gasteiger partial charge in [-0.05, 0) is 165 Å².